The first-order valence-electron chi connectivity index (χ1n) is 8.71. The molecule has 4 nitrogen and oxygen atoms in total. The first kappa shape index (κ1) is 15.0. The molecule has 2 aliphatic carbocycles. The molecule has 3 unspecified atom stereocenters. The minimum atomic E-state index is -0.362. The number of hydrogen-bond donors (Lipinski definition) is 1. The second-order valence-electron chi connectivity index (χ2n) is 7.57. The molecule has 23 heavy (non-hydrogen) atoms. The Morgan fingerprint density at radius 2 is 2.17 bits per heavy atom. The SMILES string of the molecule is CCC[C@@]12c3c4ccc(O)c3CC(N(C)C)C1CCC(=O)C2O4. The molecule has 3 aliphatic rings. The minimum absolute atomic E-state index is 0.232. The quantitative estimate of drug-likeness (QED) is 0.931. The zero-order chi connectivity index (χ0) is 16.4. The summed E-state index contributed by atoms with van der Waals surface area (Å²) < 4.78 is 6.17. The van der Waals surface area contributed by atoms with Gasteiger partial charge in [-0.15, -0.1) is 0 Å². The van der Waals surface area contributed by atoms with Gasteiger partial charge in [0, 0.05) is 29.0 Å². The van der Waals surface area contributed by atoms with Crippen LogP contribution in [0.3, 0.4) is 0 Å². The lowest BCUT2D eigenvalue weighted by molar-refractivity contribution is -0.135. The number of phenolic OH excluding ortho intramolecular Hbond substituents is 1. The molecule has 1 saturated carbocycles. The van der Waals surface area contributed by atoms with Crippen LogP contribution < -0.4 is 4.74 Å². The lowest BCUT2D eigenvalue weighted by Crippen LogP contribution is -2.60. The fourth-order valence-electron chi connectivity index (χ4n) is 5.50. The Morgan fingerprint density at radius 1 is 1.39 bits per heavy atom. The summed E-state index contributed by atoms with van der Waals surface area (Å²) in [4.78, 5) is 14.9. The van der Waals surface area contributed by atoms with Crippen LogP contribution in [0.25, 0.3) is 0 Å². The molecule has 1 aromatic rings. The number of benzene rings is 1. The van der Waals surface area contributed by atoms with Gasteiger partial charge in [0.2, 0.25) is 0 Å². The molecule has 124 valence electrons. The molecule has 0 bridgehead atoms. The molecule has 4 heteroatoms. The van der Waals surface area contributed by atoms with Gasteiger partial charge in [0.1, 0.15) is 11.5 Å². The van der Waals surface area contributed by atoms with E-state index in [1.54, 1.807) is 6.07 Å². The number of phenols is 1. The zero-order valence-electron chi connectivity index (χ0n) is 14.1. The number of ether oxygens (including phenoxy) is 1. The highest BCUT2D eigenvalue weighted by molar-refractivity contribution is 5.88. The first-order chi connectivity index (χ1) is 11.0. The fourth-order valence-corrected chi connectivity index (χ4v) is 5.50. The van der Waals surface area contributed by atoms with Crippen LogP contribution in [0.5, 0.6) is 11.5 Å². The van der Waals surface area contributed by atoms with Gasteiger partial charge in [-0.3, -0.25) is 4.79 Å². The molecule has 0 saturated heterocycles. The maximum Gasteiger partial charge on any atom is 0.174 e. The van der Waals surface area contributed by atoms with E-state index in [2.05, 4.69) is 25.9 Å². The number of nitrogens with zero attached hydrogens (tertiary/aromatic N) is 1. The summed E-state index contributed by atoms with van der Waals surface area (Å²) in [5.41, 5.74) is 1.89. The summed E-state index contributed by atoms with van der Waals surface area (Å²) in [7, 11) is 4.22. The van der Waals surface area contributed by atoms with Crippen molar-refractivity contribution in [3.8, 4) is 11.5 Å². The number of carbonyl (C=O) groups is 1. The van der Waals surface area contributed by atoms with Gasteiger partial charge in [0.05, 0.1) is 0 Å². The van der Waals surface area contributed by atoms with E-state index >= 15 is 0 Å². The Bertz CT molecular complexity index is 669. The van der Waals surface area contributed by atoms with Crippen LogP contribution in [-0.4, -0.2) is 42.0 Å². The number of rotatable bonds is 3. The number of hydrogen-bond acceptors (Lipinski definition) is 4. The van der Waals surface area contributed by atoms with Gasteiger partial charge in [-0.05, 0) is 51.4 Å². The molecule has 0 spiro atoms. The van der Waals surface area contributed by atoms with E-state index in [1.165, 1.54) is 0 Å². The van der Waals surface area contributed by atoms with Crippen molar-refractivity contribution >= 4 is 5.78 Å². The molecule has 1 N–H and O–H groups in total. The second-order valence-corrected chi connectivity index (χ2v) is 7.57. The zero-order valence-corrected chi connectivity index (χ0v) is 14.1. The van der Waals surface area contributed by atoms with Gasteiger partial charge in [-0.2, -0.15) is 0 Å². The van der Waals surface area contributed by atoms with Gasteiger partial charge < -0.3 is 14.7 Å². The van der Waals surface area contributed by atoms with Crippen LogP contribution in [0, 0.1) is 5.92 Å². The molecular formula is C19H25NO3. The number of aromatic hydroxyl groups is 1. The average Bonchev–Trinajstić information content (AvgIpc) is 2.85. The maximum absolute atomic E-state index is 12.7. The van der Waals surface area contributed by atoms with Crippen LogP contribution in [0.2, 0.25) is 0 Å². The molecule has 0 aromatic heterocycles. The average molecular weight is 315 g/mol. The minimum Gasteiger partial charge on any atom is -0.508 e. The summed E-state index contributed by atoms with van der Waals surface area (Å²) >= 11 is 0. The molecule has 1 heterocycles. The van der Waals surface area contributed by atoms with Crippen molar-refractivity contribution in [1.82, 2.24) is 4.90 Å². The predicted octanol–water partition coefficient (Wildman–Crippen LogP) is 2.66. The standard InChI is InChI=1S/C19H25NO3/c1-4-9-19-12-5-6-15(22)18(19)23-16-8-7-14(21)11(17(16)19)10-13(12)20(2)3/h7-8,12-13,18,21H,4-6,9-10H2,1-3H3/t12?,13?,18?,19-/m0/s1. The molecule has 1 fully saturated rings. The highest BCUT2D eigenvalue weighted by Gasteiger charge is 2.63. The van der Waals surface area contributed by atoms with Crippen LogP contribution >= 0.6 is 0 Å². The van der Waals surface area contributed by atoms with Gasteiger partial charge in [0.25, 0.3) is 0 Å². The van der Waals surface area contributed by atoms with Crippen LogP contribution in [0.4, 0.5) is 0 Å². The second kappa shape index (κ2) is 4.97. The number of ketones is 1. The molecule has 1 aromatic carbocycles. The van der Waals surface area contributed by atoms with Crippen molar-refractivity contribution < 1.29 is 14.6 Å². The van der Waals surface area contributed by atoms with E-state index < -0.39 is 0 Å². The lowest BCUT2D eigenvalue weighted by Gasteiger charge is -2.52. The van der Waals surface area contributed by atoms with E-state index in [4.69, 9.17) is 4.74 Å². The van der Waals surface area contributed by atoms with Crippen molar-refractivity contribution in [2.75, 3.05) is 14.1 Å². The fraction of sp³-hybridized carbons (Fsp3) is 0.632. The van der Waals surface area contributed by atoms with E-state index in [1.807, 2.05) is 6.07 Å². The van der Waals surface area contributed by atoms with Gasteiger partial charge in [0.15, 0.2) is 11.9 Å². The Labute approximate surface area is 137 Å². The smallest absolute Gasteiger partial charge is 0.174 e. The molecule has 4 atom stereocenters. The number of Topliss-reactive ketones (excluding diaryl/α,β-unsaturated/α-hetero) is 1. The summed E-state index contributed by atoms with van der Waals surface area (Å²) in [5.74, 6) is 1.83. The van der Waals surface area contributed by atoms with Gasteiger partial charge >= 0.3 is 0 Å². The summed E-state index contributed by atoms with van der Waals surface area (Å²) in [6, 6.07) is 3.92. The maximum atomic E-state index is 12.7. The van der Waals surface area contributed by atoms with Crippen molar-refractivity contribution in [2.24, 2.45) is 5.92 Å². The number of carbonyl (C=O) groups excluding carboxylic acids is 1. The van der Waals surface area contributed by atoms with E-state index in [-0.39, 0.29) is 17.3 Å². The lowest BCUT2D eigenvalue weighted by atomic mass is 9.53. The Hall–Kier alpha value is -1.55. The molecule has 0 radical (unpaired) electrons. The third kappa shape index (κ3) is 1.78. The third-order valence-corrected chi connectivity index (χ3v) is 6.29. The van der Waals surface area contributed by atoms with E-state index in [9.17, 15) is 9.90 Å². The van der Waals surface area contributed by atoms with Crippen molar-refractivity contribution in [1.29, 1.82) is 0 Å². The van der Waals surface area contributed by atoms with E-state index in [0.717, 1.165) is 42.6 Å². The summed E-state index contributed by atoms with van der Waals surface area (Å²) in [6.07, 6.45) is 3.97. The highest BCUT2D eigenvalue weighted by atomic mass is 16.5. The first-order valence-corrected chi connectivity index (χ1v) is 8.71. The Kier molecular flexibility index (Phi) is 3.24. The Balaban J connectivity index is 2.00. The van der Waals surface area contributed by atoms with Gasteiger partial charge in [-0.1, -0.05) is 13.3 Å². The van der Waals surface area contributed by atoms with Gasteiger partial charge in [-0.25, -0.2) is 0 Å². The summed E-state index contributed by atoms with van der Waals surface area (Å²) in [5, 5.41) is 10.5. The van der Waals surface area contributed by atoms with Crippen molar-refractivity contribution in [3.05, 3.63) is 23.3 Å². The van der Waals surface area contributed by atoms with Crippen LogP contribution in [0.15, 0.2) is 12.1 Å². The Morgan fingerprint density at radius 3 is 2.87 bits per heavy atom. The van der Waals surface area contributed by atoms with E-state index in [0.29, 0.717) is 24.1 Å². The summed E-state index contributed by atoms with van der Waals surface area (Å²) in [6.45, 7) is 2.18. The molecule has 4 rings (SSSR count). The molecule has 0 amide bonds. The monoisotopic (exact) mass is 315 g/mol. The molecular weight excluding hydrogens is 290 g/mol. The third-order valence-electron chi connectivity index (χ3n) is 6.29. The molecule has 1 aliphatic heterocycles. The topological polar surface area (TPSA) is 49.8 Å². The predicted molar refractivity (Wildman–Crippen MR) is 88.0 cm³/mol. The van der Waals surface area contributed by atoms with Crippen molar-refractivity contribution in [2.45, 2.75) is 56.6 Å². The van der Waals surface area contributed by atoms with Crippen LogP contribution in [0.1, 0.15) is 43.7 Å². The van der Waals surface area contributed by atoms with Crippen LogP contribution in [-0.2, 0) is 16.6 Å². The number of likely N-dealkylation sites (N-methyl/N-ethyl adjacent to an activating group) is 1. The van der Waals surface area contributed by atoms with Crippen molar-refractivity contribution in [3.63, 3.8) is 0 Å². The highest BCUT2D eigenvalue weighted by Crippen LogP contribution is 2.61. The normalized spacial score (nSPS) is 34.4. The largest absolute Gasteiger partial charge is 0.508 e.